The minimum Gasteiger partial charge on any atom is -0.312 e. The van der Waals surface area contributed by atoms with Crippen molar-refractivity contribution in [3.8, 4) is 11.3 Å². The molecule has 0 aromatic carbocycles. The number of imidazole rings is 2. The first-order valence-electron chi connectivity index (χ1n) is 7.27. The van der Waals surface area contributed by atoms with E-state index in [1.54, 1.807) is 16.9 Å². The van der Waals surface area contributed by atoms with E-state index in [0.717, 1.165) is 16.9 Å². The lowest BCUT2D eigenvalue weighted by Crippen LogP contribution is -1.98. The molecule has 24 heavy (non-hydrogen) atoms. The number of amides is 1. The monoisotopic (exact) mass is 324 g/mol. The summed E-state index contributed by atoms with van der Waals surface area (Å²) in [5.74, 6) is -0.210. The molecule has 0 radical (unpaired) electrons. The Bertz CT molecular complexity index is 1100. The fourth-order valence-corrected chi connectivity index (χ4v) is 2.71. The molecule has 4 heterocycles. The third kappa shape index (κ3) is 2.19. The Morgan fingerprint density at radius 2 is 1.96 bits per heavy atom. The molecule has 0 unspecified atom stereocenters. The summed E-state index contributed by atoms with van der Waals surface area (Å²) in [6, 6.07) is 3.24. The van der Waals surface area contributed by atoms with Crippen LogP contribution in [0.3, 0.4) is 0 Å². The number of aromatic nitrogens is 5. The average molecular weight is 324 g/mol. The zero-order valence-corrected chi connectivity index (χ0v) is 13.0. The molecule has 120 valence electrons. The first-order chi connectivity index (χ1) is 11.5. The second-order valence-corrected chi connectivity index (χ2v) is 5.56. The van der Waals surface area contributed by atoms with Gasteiger partial charge in [-0.15, -0.1) is 0 Å². The summed E-state index contributed by atoms with van der Waals surface area (Å²) >= 11 is 0. The number of hydrogen-bond donors (Lipinski definition) is 1. The standard InChI is InChI=1S/C16H13FN6O/c1-9-3-13(21-23-5-10(2)19-15(9)23)11-4-12(17)16-20-14(18-8-24)7-22(16)6-11/h3-8H,1-2H3,(H,18,24). The lowest BCUT2D eigenvalue weighted by atomic mass is 10.1. The molecule has 0 aliphatic rings. The van der Waals surface area contributed by atoms with Crippen molar-refractivity contribution in [3.05, 3.63) is 47.8 Å². The van der Waals surface area contributed by atoms with Gasteiger partial charge in [0.25, 0.3) is 0 Å². The maximum Gasteiger partial charge on any atom is 0.212 e. The van der Waals surface area contributed by atoms with Crippen molar-refractivity contribution < 1.29 is 9.18 Å². The number of anilines is 1. The van der Waals surface area contributed by atoms with Gasteiger partial charge in [-0.3, -0.25) is 4.79 Å². The number of hydrogen-bond acceptors (Lipinski definition) is 4. The van der Waals surface area contributed by atoms with Crippen LogP contribution < -0.4 is 5.32 Å². The Morgan fingerprint density at radius 3 is 2.75 bits per heavy atom. The van der Waals surface area contributed by atoms with E-state index < -0.39 is 5.82 Å². The molecule has 0 aliphatic carbocycles. The van der Waals surface area contributed by atoms with Gasteiger partial charge in [-0.05, 0) is 31.5 Å². The van der Waals surface area contributed by atoms with E-state index in [1.807, 2.05) is 26.1 Å². The Hall–Kier alpha value is -3.29. The second-order valence-electron chi connectivity index (χ2n) is 5.56. The van der Waals surface area contributed by atoms with Crippen molar-refractivity contribution in [2.24, 2.45) is 0 Å². The van der Waals surface area contributed by atoms with E-state index in [2.05, 4.69) is 20.4 Å². The fraction of sp³-hybridized carbons (Fsp3) is 0.125. The van der Waals surface area contributed by atoms with E-state index in [-0.39, 0.29) is 11.5 Å². The van der Waals surface area contributed by atoms with Gasteiger partial charge >= 0.3 is 0 Å². The van der Waals surface area contributed by atoms with Crippen LogP contribution in [0.15, 0.2) is 30.7 Å². The summed E-state index contributed by atoms with van der Waals surface area (Å²) in [6.45, 7) is 3.83. The largest absolute Gasteiger partial charge is 0.312 e. The molecule has 0 saturated carbocycles. The Balaban J connectivity index is 1.90. The summed E-state index contributed by atoms with van der Waals surface area (Å²) in [7, 11) is 0. The number of nitrogens with one attached hydrogen (secondary N) is 1. The lowest BCUT2D eigenvalue weighted by Gasteiger charge is -2.05. The van der Waals surface area contributed by atoms with Gasteiger partial charge in [0.15, 0.2) is 22.9 Å². The lowest BCUT2D eigenvalue weighted by molar-refractivity contribution is -0.105. The number of carbonyl (C=O) groups excluding carboxylic acids is 1. The zero-order chi connectivity index (χ0) is 16.8. The van der Waals surface area contributed by atoms with Gasteiger partial charge in [0.2, 0.25) is 6.41 Å². The van der Waals surface area contributed by atoms with Gasteiger partial charge in [-0.25, -0.2) is 18.9 Å². The van der Waals surface area contributed by atoms with E-state index in [9.17, 15) is 9.18 Å². The van der Waals surface area contributed by atoms with Gasteiger partial charge in [0.05, 0.1) is 23.8 Å². The first-order valence-corrected chi connectivity index (χ1v) is 7.27. The predicted octanol–water partition coefficient (Wildman–Crippen LogP) is 2.37. The van der Waals surface area contributed by atoms with Crippen molar-refractivity contribution in [2.75, 3.05) is 5.32 Å². The summed E-state index contributed by atoms with van der Waals surface area (Å²) in [5, 5.41) is 6.91. The number of rotatable bonds is 3. The van der Waals surface area contributed by atoms with Crippen LogP contribution in [0.5, 0.6) is 0 Å². The Morgan fingerprint density at radius 1 is 1.12 bits per heavy atom. The predicted molar refractivity (Wildman–Crippen MR) is 86.3 cm³/mol. The molecule has 4 rings (SSSR count). The van der Waals surface area contributed by atoms with E-state index in [4.69, 9.17) is 0 Å². The van der Waals surface area contributed by atoms with Crippen LogP contribution in [0.2, 0.25) is 0 Å². The van der Waals surface area contributed by atoms with Crippen molar-refractivity contribution in [3.63, 3.8) is 0 Å². The summed E-state index contributed by atoms with van der Waals surface area (Å²) < 4.78 is 17.6. The highest BCUT2D eigenvalue weighted by molar-refractivity contribution is 5.71. The zero-order valence-electron chi connectivity index (χ0n) is 13.0. The van der Waals surface area contributed by atoms with Gasteiger partial charge in [0.1, 0.15) is 0 Å². The highest BCUT2D eigenvalue weighted by Crippen LogP contribution is 2.23. The average Bonchev–Trinajstić information content (AvgIpc) is 3.10. The maximum absolute atomic E-state index is 14.4. The van der Waals surface area contributed by atoms with Crippen LogP contribution in [-0.4, -0.2) is 30.4 Å². The molecule has 0 aliphatic heterocycles. The normalized spacial score (nSPS) is 11.3. The fourth-order valence-electron chi connectivity index (χ4n) is 2.71. The van der Waals surface area contributed by atoms with Gasteiger partial charge in [0, 0.05) is 11.8 Å². The van der Waals surface area contributed by atoms with Gasteiger partial charge in [-0.2, -0.15) is 5.10 Å². The third-order valence-corrected chi connectivity index (χ3v) is 3.74. The van der Waals surface area contributed by atoms with Crippen LogP contribution in [0.4, 0.5) is 10.2 Å². The number of halogens is 1. The van der Waals surface area contributed by atoms with Crippen molar-refractivity contribution in [1.82, 2.24) is 24.0 Å². The van der Waals surface area contributed by atoms with E-state index >= 15 is 0 Å². The Kier molecular flexibility index (Phi) is 3.05. The number of nitrogens with zero attached hydrogens (tertiary/aromatic N) is 5. The summed E-state index contributed by atoms with van der Waals surface area (Å²) in [6.07, 6.45) is 5.59. The third-order valence-electron chi connectivity index (χ3n) is 3.74. The van der Waals surface area contributed by atoms with Crippen LogP contribution in [0, 0.1) is 19.7 Å². The minimum atomic E-state index is -0.493. The molecule has 1 N–H and O–H groups in total. The Labute approximate surface area is 135 Å². The number of carbonyl (C=O) groups is 1. The van der Waals surface area contributed by atoms with Crippen LogP contribution in [0.1, 0.15) is 11.3 Å². The SMILES string of the molecule is Cc1cn2nc(-c3cc(F)c4nc(NC=O)cn4c3)cc(C)c2n1. The molecular formula is C16H13FN6O. The molecule has 0 bridgehead atoms. The van der Waals surface area contributed by atoms with E-state index in [0.29, 0.717) is 17.7 Å². The summed E-state index contributed by atoms with van der Waals surface area (Å²) in [4.78, 5) is 18.9. The second kappa shape index (κ2) is 5.12. The molecule has 0 spiro atoms. The molecule has 0 atom stereocenters. The molecule has 4 aromatic rings. The topological polar surface area (TPSA) is 76.6 Å². The van der Waals surface area contributed by atoms with Crippen LogP contribution >= 0.6 is 0 Å². The van der Waals surface area contributed by atoms with Crippen molar-refractivity contribution >= 4 is 23.5 Å². The molecule has 0 fully saturated rings. The first kappa shape index (κ1) is 14.3. The van der Waals surface area contributed by atoms with Crippen LogP contribution in [0.25, 0.3) is 22.6 Å². The number of fused-ring (bicyclic) bond motifs is 2. The number of pyridine rings is 1. The maximum atomic E-state index is 14.4. The van der Waals surface area contributed by atoms with Crippen LogP contribution in [-0.2, 0) is 4.79 Å². The van der Waals surface area contributed by atoms with Gasteiger partial charge < -0.3 is 9.72 Å². The highest BCUT2D eigenvalue weighted by atomic mass is 19.1. The molecule has 8 heteroatoms. The molecule has 0 saturated heterocycles. The minimum absolute atomic E-state index is 0.138. The molecular weight excluding hydrogens is 311 g/mol. The molecule has 4 aromatic heterocycles. The quantitative estimate of drug-likeness (QED) is 0.587. The van der Waals surface area contributed by atoms with Crippen molar-refractivity contribution in [1.29, 1.82) is 0 Å². The smallest absolute Gasteiger partial charge is 0.212 e. The molecule has 1 amide bonds. The van der Waals surface area contributed by atoms with Crippen molar-refractivity contribution in [2.45, 2.75) is 13.8 Å². The highest BCUT2D eigenvalue weighted by Gasteiger charge is 2.12. The molecule has 7 nitrogen and oxygen atoms in total. The number of aryl methyl sites for hydroxylation is 2. The van der Waals surface area contributed by atoms with E-state index in [1.165, 1.54) is 10.5 Å². The van der Waals surface area contributed by atoms with Gasteiger partial charge in [-0.1, -0.05) is 0 Å². The summed E-state index contributed by atoms with van der Waals surface area (Å²) in [5.41, 5.74) is 3.95.